The van der Waals surface area contributed by atoms with E-state index in [1.807, 2.05) is 0 Å². The average Bonchev–Trinajstić information content (AvgIpc) is 2.27. The second kappa shape index (κ2) is 5.04. The van der Waals surface area contributed by atoms with E-state index in [0.29, 0.717) is 26.2 Å². The molecule has 0 amide bonds. The summed E-state index contributed by atoms with van der Waals surface area (Å²) in [5.41, 5.74) is 13.1. The van der Waals surface area contributed by atoms with Gasteiger partial charge in [-0.05, 0) is 35.9 Å². The smallest absolute Gasteiger partial charge is 0.136 e. The van der Waals surface area contributed by atoms with Crippen molar-refractivity contribution in [3.63, 3.8) is 0 Å². The van der Waals surface area contributed by atoms with E-state index in [0.717, 1.165) is 0 Å². The van der Waals surface area contributed by atoms with E-state index >= 15 is 0 Å². The van der Waals surface area contributed by atoms with Gasteiger partial charge in [0.05, 0.1) is 6.04 Å². The maximum absolute atomic E-state index is 6.29. The fraction of sp³-hybridized carbons (Fsp3) is 0.167. The third kappa shape index (κ3) is 2.55. The molecule has 0 aromatic heterocycles. The van der Waals surface area contributed by atoms with Crippen molar-refractivity contribution >= 4 is 52.0 Å². The van der Waals surface area contributed by atoms with Gasteiger partial charge in [-0.3, -0.25) is 0 Å². The van der Waals surface area contributed by atoms with Crippen LogP contribution in [0.25, 0.3) is 5.57 Å². The molecule has 0 saturated carbocycles. The fourth-order valence-corrected chi connectivity index (χ4v) is 2.61. The number of alkyl halides is 1. The van der Waals surface area contributed by atoms with E-state index in [4.69, 9.17) is 57.9 Å². The molecule has 0 heterocycles. The molecule has 2 atom stereocenters. The maximum Gasteiger partial charge on any atom is 0.136 e. The Balaban J connectivity index is 2.61. The molecule has 2 nitrogen and oxygen atoms in total. The van der Waals surface area contributed by atoms with Crippen LogP contribution in [0.5, 0.6) is 0 Å². The van der Waals surface area contributed by atoms with Crippen molar-refractivity contribution in [1.29, 1.82) is 0 Å². The molecule has 1 aromatic carbocycles. The summed E-state index contributed by atoms with van der Waals surface area (Å²) in [7, 11) is 0. The summed E-state index contributed by atoms with van der Waals surface area (Å²) in [6, 6.07) is 4.43. The van der Waals surface area contributed by atoms with Crippen molar-refractivity contribution in [1.82, 2.24) is 0 Å². The molecule has 4 N–H and O–H groups in total. The summed E-state index contributed by atoms with van der Waals surface area (Å²) in [6.07, 6.45) is 3.24. The first-order valence-electron chi connectivity index (χ1n) is 5.10. The quantitative estimate of drug-likeness (QED) is 0.611. The zero-order valence-corrected chi connectivity index (χ0v) is 12.2. The van der Waals surface area contributed by atoms with Crippen LogP contribution in [-0.4, -0.2) is 11.0 Å². The van der Waals surface area contributed by atoms with Crippen molar-refractivity contribution in [3.05, 3.63) is 51.0 Å². The molecule has 18 heavy (non-hydrogen) atoms. The molecule has 0 spiro atoms. The molecule has 0 fully saturated rings. The summed E-state index contributed by atoms with van der Waals surface area (Å²) in [5, 5.41) is 1.48. The van der Waals surface area contributed by atoms with Gasteiger partial charge in [0.1, 0.15) is 5.00 Å². The average molecular weight is 324 g/mol. The molecular weight excluding hydrogens is 314 g/mol. The molecule has 1 aliphatic rings. The molecule has 6 heteroatoms. The van der Waals surface area contributed by atoms with Crippen LogP contribution in [0.15, 0.2) is 35.4 Å². The van der Waals surface area contributed by atoms with Crippen LogP contribution in [0.1, 0.15) is 5.56 Å². The predicted molar refractivity (Wildman–Crippen MR) is 79.1 cm³/mol. The SMILES string of the molecule is NC1C=C(Cl)C=C(c2cc(Cl)ccc2Cl)C1(N)Cl. The highest BCUT2D eigenvalue weighted by Gasteiger charge is 2.37. The zero-order chi connectivity index (χ0) is 13.5. The number of hydrogen-bond acceptors (Lipinski definition) is 2. The first-order chi connectivity index (χ1) is 8.32. The predicted octanol–water partition coefficient (Wildman–Crippen LogP) is 3.73. The second-order valence-corrected chi connectivity index (χ2v) is 5.93. The van der Waals surface area contributed by atoms with Crippen LogP contribution in [0.4, 0.5) is 0 Å². The Kier molecular flexibility index (Phi) is 3.98. The molecule has 0 radical (unpaired) electrons. The van der Waals surface area contributed by atoms with Crippen LogP contribution in [0, 0.1) is 0 Å². The molecular formula is C12H10Cl4N2. The van der Waals surface area contributed by atoms with E-state index in [2.05, 4.69) is 0 Å². The van der Waals surface area contributed by atoms with E-state index in [-0.39, 0.29) is 0 Å². The van der Waals surface area contributed by atoms with E-state index < -0.39 is 11.0 Å². The molecule has 2 rings (SSSR count). The maximum atomic E-state index is 6.29. The van der Waals surface area contributed by atoms with Crippen LogP contribution in [0.2, 0.25) is 10.0 Å². The monoisotopic (exact) mass is 322 g/mol. The number of benzene rings is 1. The highest BCUT2D eigenvalue weighted by atomic mass is 35.5. The molecule has 1 aromatic rings. The minimum Gasteiger partial charge on any atom is -0.322 e. The molecule has 0 bridgehead atoms. The van der Waals surface area contributed by atoms with Crippen molar-refractivity contribution in [2.75, 3.05) is 0 Å². The van der Waals surface area contributed by atoms with Gasteiger partial charge in [-0.2, -0.15) is 0 Å². The fourth-order valence-electron chi connectivity index (χ4n) is 1.76. The second-order valence-electron chi connectivity index (χ2n) is 4.03. The minimum atomic E-state index is -1.27. The Morgan fingerprint density at radius 1 is 1.17 bits per heavy atom. The Morgan fingerprint density at radius 3 is 2.50 bits per heavy atom. The Hall–Kier alpha value is -0.220. The number of rotatable bonds is 1. The van der Waals surface area contributed by atoms with E-state index in [1.54, 1.807) is 30.4 Å². The van der Waals surface area contributed by atoms with Gasteiger partial charge in [-0.25, -0.2) is 0 Å². The Bertz CT molecular complexity index is 549. The summed E-state index contributed by atoms with van der Waals surface area (Å²) in [4.78, 5) is -1.27. The van der Waals surface area contributed by atoms with Crippen molar-refractivity contribution in [3.8, 4) is 0 Å². The highest BCUT2D eigenvalue weighted by molar-refractivity contribution is 6.38. The third-order valence-corrected chi connectivity index (χ3v) is 3.99. The van der Waals surface area contributed by atoms with E-state index in [1.165, 1.54) is 0 Å². The lowest BCUT2D eigenvalue weighted by Crippen LogP contribution is -2.51. The van der Waals surface area contributed by atoms with Gasteiger partial charge in [-0.15, -0.1) is 0 Å². The Morgan fingerprint density at radius 2 is 1.83 bits per heavy atom. The molecule has 1 aliphatic carbocycles. The van der Waals surface area contributed by atoms with Crippen LogP contribution < -0.4 is 11.5 Å². The summed E-state index contributed by atoms with van der Waals surface area (Å²) in [5.74, 6) is 0. The first kappa shape index (κ1) is 14.2. The zero-order valence-electron chi connectivity index (χ0n) is 9.13. The van der Waals surface area contributed by atoms with Gasteiger partial charge in [0, 0.05) is 20.6 Å². The van der Waals surface area contributed by atoms with Gasteiger partial charge in [0.25, 0.3) is 0 Å². The molecule has 0 aliphatic heterocycles. The molecule has 0 saturated heterocycles. The van der Waals surface area contributed by atoms with Crippen LogP contribution in [-0.2, 0) is 0 Å². The van der Waals surface area contributed by atoms with E-state index in [9.17, 15) is 0 Å². The summed E-state index contributed by atoms with van der Waals surface area (Å²) in [6.45, 7) is 0. The standard InChI is InChI=1S/C12H10Cl4N2/c13-6-1-2-10(15)8(3-6)9-4-7(14)5-11(17)12(9,16)18/h1-5,11H,17-18H2. The summed E-state index contributed by atoms with van der Waals surface area (Å²) >= 11 is 24.4. The molecule has 96 valence electrons. The summed E-state index contributed by atoms with van der Waals surface area (Å²) < 4.78 is 0. The lowest BCUT2D eigenvalue weighted by Gasteiger charge is -2.33. The van der Waals surface area contributed by atoms with Gasteiger partial charge < -0.3 is 11.5 Å². The van der Waals surface area contributed by atoms with Gasteiger partial charge in [-0.1, -0.05) is 46.4 Å². The normalized spacial score (nSPS) is 27.8. The third-order valence-electron chi connectivity index (χ3n) is 2.74. The van der Waals surface area contributed by atoms with Gasteiger partial charge in [0.15, 0.2) is 0 Å². The lowest BCUT2D eigenvalue weighted by molar-refractivity contribution is 0.650. The van der Waals surface area contributed by atoms with Crippen LogP contribution >= 0.6 is 46.4 Å². The number of hydrogen-bond donors (Lipinski definition) is 2. The van der Waals surface area contributed by atoms with Crippen molar-refractivity contribution < 1.29 is 0 Å². The first-order valence-corrected chi connectivity index (χ1v) is 6.62. The van der Waals surface area contributed by atoms with Gasteiger partial charge >= 0.3 is 0 Å². The topological polar surface area (TPSA) is 52.0 Å². The van der Waals surface area contributed by atoms with Gasteiger partial charge in [0.2, 0.25) is 0 Å². The Labute approximate surface area is 125 Å². The number of allylic oxidation sites excluding steroid dienone is 2. The lowest BCUT2D eigenvalue weighted by atomic mass is 9.89. The number of halogens is 4. The molecule has 2 unspecified atom stereocenters. The van der Waals surface area contributed by atoms with Crippen molar-refractivity contribution in [2.24, 2.45) is 11.5 Å². The highest BCUT2D eigenvalue weighted by Crippen LogP contribution is 2.40. The number of nitrogens with two attached hydrogens (primary N) is 2. The van der Waals surface area contributed by atoms with Crippen LogP contribution in [0.3, 0.4) is 0 Å². The minimum absolute atomic E-state index is 0.468. The largest absolute Gasteiger partial charge is 0.322 e. The van der Waals surface area contributed by atoms with Crippen molar-refractivity contribution in [2.45, 2.75) is 11.0 Å².